The molecule has 12 heteroatoms. The van der Waals surface area contributed by atoms with Crippen molar-refractivity contribution in [3.05, 3.63) is 90.1 Å². The number of hydrogen-bond acceptors (Lipinski definition) is 7. The van der Waals surface area contributed by atoms with E-state index in [1.807, 2.05) is 26.8 Å². The number of carbonyl (C=O) groups excluding carboxylic acids is 4. The Hall–Kier alpha value is -4.39. The zero-order chi connectivity index (χ0) is 33.7. The summed E-state index contributed by atoms with van der Waals surface area (Å²) >= 11 is 0. The maximum absolute atomic E-state index is 14.1. The molecule has 0 radical (unpaired) electrons. The van der Waals surface area contributed by atoms with Gasteiger partial charge in [0, 0.05) is 17.5 Å². The number of rotatable bonds is 8. The van der Waals surface area contributed by atoms with E-state index in [9.17, 15) is 24.3 Å². The van der Waals surface area contributed by atoms with Crippen molar-refractivity contribution in [3.63, 3.8) is 0 Å². The molecule has 2 aliphatic heterocycles. The fourth-order valence-corrected chi connectivity index (χ4v) is 7.00. The smallest absolute Gasteiger partial charge is 0.664 e. The molecule has 1 saturated heterocycles. The molecule has 0 saturated carbocycles. The summed E-state index contributed by atoms with van der Waals surface area (Å²) in [5.74, 6) is -3.87. The van der Waals surface area contributed by atoms with Crippen molar-refractivity contribution in [2.45, 2.75) is 47.0 Å². The Morgan fingerprint density at radius 3 is 2.38 bits per heavy atom. The molecule has 11 nitrogen and oxygen atoms in total. The number of ether oxygens (including phenoxy) is 2. The van der Waals surface area contributed by atoms with Crippen LogP contribution in [0.1, 0.15) is 92.4 Å². The first-order valence-corrected chi connectivity index (χ1v) is 15.5. The molecule has 3 aromatic heterocycles. The average molecular weight is 659 g/mol. The average Bonchev–Trinajstić information content (AvgIpc) is 3.80. The van der Waals surface area contributed by atoms with Crippen LogP contribution in [0.3, 0.4) is 0 Å². The van der Waals surface area contributed by atoms with Crippen molar-refractivity contribution in [2.24, 2.45) is 17.8 Å². The Balaban J connectivity index is 0.00000451. The van der Waals surface area contributed by atoms with Crippen molar-refractivity contribution in [1.29, 1.82) is 0 Å². The maximum atomic E-state index is 14.1. The van der Waals surface area contributed by atoms with Gasteiger partial charge in [0.05, 0.1) is 7.11 Å². The first-order chi connectivity index (χ1) is 22.6. The van der Waals surface area contributed by atoms with Crippen LogP contribution >= 0.6 is 0 Å². The number of aromatic nitrogens is 3. The Morgan fingerprint density at radius 2 is 1.73 bits per heavy atom. The van der Waals surface area contributed by atoms with Crippen LogP contribution in [0.5, 0.6) is 0 Å². The molecule has 0 unspecified atom stereocenters. The number of aldehydes is 1. The van der Waals surface area contributed by atoms with E-state index < -0.39 is 30.4 Å². The zero-order valence-corrected chi connectivity index (χ0v) is 29.0. The van der Waals surface area contributed by atoms with E-state index in [1.54, 1.807) is 25.2 Å². The number of hydrogen-bond donors (Lipinski definition) is 1. The molecule has 48 heavy (non-hydrogen) atoms. The van der Waals surface area contributed by atoms with Gasteiger partial charge in [0.15, 0.2) is 12.6 Å². The number of methoxy groups -OCH3 is 1. The molecular weight excluding hydrogens is 625 g/mol. The molecule has 0 spiro atoms. The number of Topliss-reactive ketones (excluding diaryl/α,β-unsaturated/α-hetero) is 1. The summed E-state index contributed by atoms with van der Waals surface area (Å²) < 4.78 is 9.90. The van der Waals surface area contributed by atoms with E-state index in [4.69, 9.17) is 29.7 Å². The predicted octanol–water partition coefficient (Wildman–Crippen LogP) is 2.43. The minimum absolute atomic E-state index is 0. The molecule has 1 aliphatic carbocycles. The van der Waals surface area contributed by atoms with Crippen LogP contribution in [0.4, 0.5) is 0 Å². The minimum atomic E-state index is -1.40. The summed E-state index contributed by atoms with van der Waals surface area (Å²) in [6.45, 7) is 10.7. The molecule has 3 aliphatic rings. The fraction of sp³-hybridized carbons (Fsp3) is 0.333. The van der Waals surface area contributed by atoms with Gasteiger partial charge in [0.1, 0.15) is 12.2 Å². The van der Waals surface area contributed by atoms with Crippen molar-refractivity contribution >= 4 is 76.9 Å². The van der Waals surface area contributed by atoms with Crippen molar-refractivity contribution < 1.29 is 33.8 Å². The second-order valence-corrected chi connectivity index (χ2v) is 11.9. The molecule has 3 aromatic rings. The van der Waals surface area contributed by atoms with Gasteiger partial charge in [-0.15, -0.1) is 33.5 Å². The Labute approximate surface area is 293 Å². The van der Waals surface area contributed by atoms with Crippen molar-refractivity contribution in [1.82, 2.24) is 15.0 Å². The van der Waals surface area contributed by atoms with Crippen LogP contribution in [0.2, 0.25) is 0 Å². The van der Waals surface area contributed by atoms with E-state index in [2.05, 4.69) is 6.58 Å². The minimum Gasteiger partial charge on any atom is -0.664 e. The number of aliphatic hydroxyl groups excluding tert-OH is 1. The molecule has 5 heterocycles. The molecule has 0 aromatic carbocycles. The number of fused-ring (bicyclic) bond motifs is 7. The second-order valence-electron chi connectivity index (χ2n) is 11.9. The van der Waals surface area contributed by atoms with Crippen molar-refractivity contribution in [2.75, 3.05) is 13.9 Å². The third-order valence-corrected chi connectivity index (χ3v) is 9.52. The van der Waals surface area contributed by atoms with Crippen LogP contribution in [0.25, 0.3) is 35.2 Å². The van der Waals surface area contributed by atoms with Crippen LogP contribution in [0.15, 0.2) is 18.0 Å². The SMILES string of the molecule is C=Cc1c2[n-]c(c1C)/C=C1\[N-]/C(=C3\c4[n-]c(c(C)c4C(=O)[C@@H]3C(=O)OCO)/C=c3\[n-]/c(c(C=O)c3CC)=C/2)[C@@H](CCC(=O)OC)[C@@H]1C.[Mg+2]. The number of nitrogens with zero attached hydrogens (tertiary/aromatic N) is 4. The molecule has 244 valence electrons. The summed E-state index contributed by atoms with van der Waals surface area (Å²) in [4.78, 5) is 66.7. The molecule has 0 amide bonds. The van der Waals surface area contributed by atoms with Crippen LogP contribution in [0, 0.1) is 31.6 Å². The van der Waals surface area contributed by atoms with Crippen LogP contribution in [-0.4, -0.2) is 66.1 Å². The molecular formula is C36H34MgN4O7-2. The predicted molar refractivity (Wildman–Crippen MR) is 179 cm³/mol. The quantitative estimate of drug-likeness (QED) is 0.125. The maximum Gasteiger partial charge on any atom is 2.00 e. The van der Waals surface area contributed by atoms with Gasteiger partial charge in [-0.05, 0) is 44.1 Å². The van der Waals surface area contributed by atoms with Gasteiger partial charge in [0.2, 0.25) is 0 Å². The first-order valence-electron chi connectivity index (χ1n) is 15.5. The van der Waals surface area contributed by atoms with Gasteiger partial charge in [-0.3, -0.25) is 19.2 Å². The molecule has 1 fully saturated rings. The Kier molecular flexibility index (Phi) is 9.91. The van der Waals surface area contributed by atoms with E-state index in [1.165, 1.54) is 7.11 Å². The van der Waals surface area contributed by atoms with Gasteiger partial charge in [-0.1, -0.05) is 67.0 Å². The topological polar surface area (TPSA) is 163 Å². The van der Waals surface area contributed by atoms with Gasteiger partial charge in [-0.25, -0.2) is 0 Å². The standard InChI is InChI=1S/C36H35N4O7.Mg/c1-7-19-16(3)23-11-24-17(4)21(9-10-29(43)46-6)33(39-24)31-32(36(45)47-15-42)35(44)30-18(5)25(40-34(30)31)12-27-20(8-2)22(14-41)28(38-27)13-26(19)37-23;/h7,11-14,17,21,32,42H,1,8-10,15H2,2-6H3,(H-,39,40,41,44);/q-3;+2/p-1/b24-11-,28-13+;/t17-,21-,32+;/m0./s1. The summed E-state index contributed by atoms with van der Waals surface area (Å²) in [5, 5.41) is 15.5. The van der Waals surface area contributed by atoms with Gasteiger partial charge < -0.3 is 34.8 Å². The Morgan fingerprint density at radius 1 is 1.02 bits per heavy atom. The third-order valence-electron chi connectivity index (χ3n) is 9.52. The first kappa shape index (κ1) is 34.9. The van der Waals surface area contributed by atoms with Gasteiger partial charge in [-0.2, -0.15) is 11.4 Å². The third kappa shape index (κ3) is 5.51. The zero-order valence-electron chi connectivity index (χ0n) is 27.5. The number of carbonyl (C=O) groups is 4. The summed E-state index contributed by atoms with van der Waals surface area (Å²) in [6, 6.07) is 0. The largest absolute Gasteiger partial charge is 2.00 e. The van der Waals surface area contributed by atoms with E-state index >= 15 is 0 Å². The molecule has 1 N–H and O–H groups in total. The summed E-state index contributed by atoms with van der Waals surface area (Å²) in [7, 11) is 1.32. The van der Waals surface area contributed by atoms with Gasteiger partial charge >= 0.3 is 35.0 Å². The number of aliphatic hydroxyl groups is 1. The number of allylic oxidation sites excluding steroid dienone is 2. The van der Waals surface area contributed by atoms with E-state index in [0.29, 0.717) is 68.8 Å². The second kappa shape index (κ2) is 13.6. The van der Waals surface area contributed by atoms with Crippen LogP contribution in [-0.2, 0) is 25.5 Å². The fourth-order valence-electron chi connectivity index (χ4n) is 7.00. The van der Waals surface area contributed by atoms with Crippen LogP contribution < -0.4 is 25.7 Å². The van der Waals surface area contributed by atoms with Crippen molar-refractivity contribution in [3.8, 4) is 0 Å². The molecule has 6 rings (SSSR count). The normalized spacial score (nSPS) is 23.1. The monoisotopic (exact) mass is 658 g/mol. The molecule has 3 atom stereocenters. The van der Waals surface area contributed by atoms with E-state index in [0.717, 1.165) is 23.0 Å². The summed E-state index contributed by atoms with van der Waals surface area (Å²) in [5.41, 5.74) is 6.96. The van der Waals surface area contributed by atoms with Gasteiger partial charge in [0.25, 0.3) is 0 Å². The summed E-state index contributed by atoms with van der Waals surface area (Å²) in [6.07, 6.45) is 8.82. The Bertz CT molecular complexity index is 2060. The number of ketones is 1. The van der Waals surface area contributed by atoms with E-state index in [-0.39, 0.29) is 52.4 Å². The molecule has 8 bridgehead atoms. The number of esters is 2.